The summed E-state index contributed by atoms with van der Waals surface area (Å²) in [5, 5.41) is 8.66. The molecule has 0 saturated carbocycles. The third-order valence-corrected chi connectivity index (χ3v) is 2.69. The van der Waals surface area contributed by atoms with Gasteiger partial charge in [0.05, 0.1) is 0 Å². The number of rotatable bonds is 4. The van der Waals surface area contributed by atoms with Gasteiger partial charge in [0, 0.05) is 6.42 Å². The normalized spacial score (nSPS) is 10.0. The Morgan fingerprint density at radius 2 is 1.50 bits per heavy atom. The van der Waals surface area contributed by atoms with Gasteiger partial charge < -0.3 is 5.11 Å². The van der Waals surface area contributed by atoms with Crippen LogP contribution in [-0.2, 0) is 16.0 Å². The average Bonchev–Trinajstić information content (AvgIpc) is 2.40. The summed E-state index contributed by atoms with van der Waals surface area (Å²) in [5.41, 5.74) is 2.61. The van der Waals surface area contributed by atoms with Gasteiger partial charge in [-0.25, -0.2) is 4.79 Å². The summed E-state index contributed by atoms with van der Waals surface area (Å²) in [5.74, 6) is -2.18. The maximum absolute atomic E-state index is 11.3. The van der Waals surface area contributed by atoms with Crippen LogP contribution in [0.25, 0.3) is 11.1 Å². The summed E-state index contributed by atoms with van der Waals surface area (Å²) < 4.78 is 0. The predicted octanol–water partition coefficient (Wildman–Crippen LogP) is 2.55. The number of hydrogen-bond acceptors (Lipinski definition) is 2. The second-order valence-corrected chi connectivity index (χ2v) is 3.93. The highest BCUT2D eigenvalue weighted by molar-refractivity contribution is 6.33. The fourth-order valence-electron chi connectivity index (χ4n) is 1.82. The van der Waals surface area contributed by atoms with Crippen molar-refractivity contribution in [3.05, 3.63) is 60.2 Å². The Morgan fingerprint density at radius 3 is 2.17 bits per heavy atom. The molecule has 0 aliphatic heterocycles. The van der Waals surface area contributed by atoms with Gasteiger partial charge in [0.15, 0.2) is 0 Å². The zero-order valence-corrected chi connectivity index (χ0v) is 9.67. The maximum atomic E-state index is 11.3. The van der Waals surface area contributed by atoms with Crippen LogP contribution in [0.5, 0.6) is 0 Å². The van der Waals surface area contributed by atoms with Gasteiger partial charge in [-0.05, 0) is 16.7 Å². The Hall–Kier alpha value is -2.42. The molecule has 3 heteroatoms. The van der Waals surface area contributed by atoms with Crippen LogP contribution in [0.15, 0.2) is 54.6 Å². The van der Waals surface area contributed by atoms with E-state index in [1.54, 1.807) is 12.1 Å². The number of aliphatic carboxylic acids is 1. The van der Waals surface area contributed by atoms with E-state index in [9.17, 15) is 9.59 Å². The van der Waals surface area contributed by atoms with Crippen LogP contribution in [0.3, 0.4) is 0 Å². The highest BCUT2D eigenvalue weighted by Gasteiger charge is 2.14. The summed E-state index contributed by atoms with van der Waals surface area (Å²) in [7, 11) is 0. The monoisotopic (exact) mass is 240 g/mol. The van der Waals surface area contributed by atoms with Gasteiger partial charge in [0.1, 0.15) is 0 Å². The highest BCUT2D eigenvalue weighted by atomic mass is 16.4. The number of carboxylic acid groups (broad SMARTS) is 1. The zero-order valence-electron chi connectivity index (χ0n) is 9.67. The minimum absolute atomic E-state index is 0.0829. The van der Waals surface area contributed by atoms with E-state index in [-0.39, 0.29) is 6.42 Å². The van der Waals surface area contributed by atoms with Crippen LogP contribution in [0.1, 0.15) is 5.56 Å². The topological polar surface area (TPSA) is 54.4 Å². The van der Waals surface area contributed by atoms with Gasteiger partial charge in [0.25, 0.3) is 0 Å². The highest BCUT2D eigenvalue weighted by Crippen LogP contribution is 2.23. The van der Waals surface area contributed by atoms with E-state index in [0.717, 1.165) is 16.7 Å². The minimum atomic E-state index is -1.39. The smallest absolute Gasteiger partial charge is 0.372 e. The van der Waals surface area contributed by atoms with E-state index < -0.39 is 11.8 Å². The van der Waals surface area contributed by atoms with Crippen molar-refractivity contribution in [3.8, 4) is 11.1 Å². The molecule has 0 bridgehead atoms. The molecule has 1 N–H and O–H groups in total. The fourth-order valence-corrected chi connectivity index (χ4v) is 1.82. The summed E-state index contributed by atoms with van der Waals surface area (Å²) in [4.78, 5) is 21.9. The largest absolute Gasteiger partial charge is 0.475 e. The molecule has 0 aliphatic carbocycles. The minimum Gasteiger partial charge on any atom is -0.475 e. The van der Waals surface area contributed by atoms with Crippen LogP contribution in [-0.4, -0.2) is 16.9 Å². The molecule has 0 aliphatic rings. The first kappa shape index (κ1) is 12.0. The van der Waals surface area contributed by atoms with Crippen molar-refractivity contribution in [2.75, 3.05) is 0 Å². The summed E-state index contributed by atoms with van der Waals surface area (Å²) in [6, 6.07) is 16.9. The van der Waals surface area contributed by atoms with E-state index in [1.165, 1.54) is 0 Å². The molecule has 0 fully saturated rings. The van der Waals surface area contributed by atoms with Crippen LogP contribution in [0.2, 0.25) is 0 Å². The third kappa shape index (κ3) is 2.63. The standard InChI is InChI=1S/C15H12O3/c16-14(15(17)18)10-12-8-4-5-9-13(12)11-6-2-1-3-7-11/h1-9H,10H2,(H,17,18). The van der Waals surface area contributed by atoms with E-state index in [1.807, 2.05) is 42.5 Å². The third-order valence-electron chi connectivity index (χ3n) is 2.69. The van der Waals surface area contributed by atoms with E-state index >= 15 is 0 Å². The molecule has 2 rings (SSSR count). The molecule has 18 heavy (non-hydrogen) atoms. The van der Waals surface area contributed by atoms with Gasteiger partial charge in [-0.3, -0.25) is 4.79 Å². The van der Waals surface area contributed by atoms with Crippen LogP contribution >= 0.6 is 0 Å². The van der Waals surface area contributed by atoms with Gasteiger partial charge in [-0.2, -0.15) is 0 Å². The Balaban J connectivity index is 2.38. The van der Waals surface area contributed by atoms with Crippen molar-refractivity contribution < 1.29 is 14.7 Å². The second kappa shape index (κ2) is 5.27. The lowest BCUT2D eigenvalue weighted by molar-refractivity contribution is -0.148. The fraction of sp³-hybridized carbons (Fsp3) is 0.0667. The van der Waals surface area contributed by atoms with Crippen LogP contribution in [0, 0.1) is 0 Å². The molecule has 0 amide bonds. The molecular formula is C15H12O3. The number of carbonyl (C=O) groups excluding carboxylic acids is 1. The number of Topliss-reactive ketones (excluding diaryl/α,β-unsaturated/α-hetero) is 1. The van der Waals surface area contributed by atoms with E-state index in [4.69, 9.17) is 5.11 Å². The second-order valence-electron chi connectivity index (χ2n) is 3.93. The van der Waals surface area contributed by atoms with Crippen molar-refractivity contribution in [2.45, 2.75) is 6.42 Å². The van der Waals surface area contributed by atoms with Crippen molar-refractivity contribution >= 4 is 11.8 Å². The molecule has 2 aromatic rings. The van der Waals surface area contributed by atoms with Crippen LogP contribution in [0.4, 0.5) is 0 Å². The lowest BCUT2D eigenvalue weighted by Crippen LogP contribution is -2.15. The molecule has 90 valence electrons. The van der Waals surface area contributed by atoms with Gasteiger partial charge in [-0.1, -0.05) is 54.6 Å². The molecule has 0 atom stereocenters. The number of ketones is 1. The average molecular weight is 240 g/mol. The first-order valence-corrected chi connectivity index (χ1v) is 5.58. The molecule has 0 heterocycles. The molecule has 0 unspecified atom stereocenters. The lowest BCUT2D eigenvalue weighted by atomic mass is 9.96. The SMILES string of the molecule is O=C(O)C(=O)Cc1ccccc1-c1ccccc1. The van der Waals surface area contributed by atoms with Gasteiger partial charge in [-0.15, -0.1) is 0 Å². The predicted molar refractivity (Wildman–Crippen MR) is 68.2 cm³/mol. The lowest BCUT2D eigenvalue weighted by Gasteiger charge is -2.07. The molecule has 0 aromatic heterocycles. The Kier molecular flexibility index (Phi) is 3.53. The number of benzene rings is 2. The quantitative estimate of drug-likeness (QED) is 0.835. The maximum Gasteiger partial charge on any atom is 0.372 e. The van der Waals surface area contributed by atoms with Gasteiger partial charge >= 0.3 is 5.97 Å². The molecule has 3 nitrogen and oxygen atoms in total. The Labute approximate surface area is 105 Å². The van der Waals surface area contributed by atoms with Crippen LogP contribution < -0.4 is 0 Å². The number of hydrogen-bond donors (Lipinski definition) is 1. The van der Waals surface area contributed by atoms with Crippen molar-refractivity contribution in [3.63, 3.8) is 0 Å². The first-order chi connectivity index (χ1) is 8.68. The molecule has 2 aromatic carbocycles. The molecule has 0 spiro atoms. The van der Waals surface area contributed by atoms with E-state index in [2.05, 4.69) is 0 Å². The van der Waals surface area contributed by atoms with Gasteiger partial charge in [0.2, 0.25) is 5.78 Å². The summed E-state index contributed by atoms with van der Waals surface area (Å²) in [6.07, 6.45) is -0.0829. The van der Waals surface area contributed by atoms with Crippen molar-refractivity contribution in [2.24, 2.45) is 0 Å². The number of carboxylic acids is 1. The first-order valence-electron chi connectivity index (χ1n) is 5.58. The Morgan fingerprint density at radius 1 is 0.889 bits per heavy atom. The summed E-state index contributed by atoms with van der Waals surface area (Å²) >= 11 is 0. The van der Waals surface area contributed by atoms with E-state index in [0.29, 0.717) is 0 Å². The van der Waals surface area contributed by atoms with Crippen molar-refractivity contribution in [1.29, 1.82) is 0 Å². The molecule has 0 radical (unpaired) electrons. The molecular weight excluding hydrogens is 228 g/mol. The Bertz CT molecular complexity index is 573. The molecule has 0 saturated heterocycles. The summed E-state index contributed by atoms with van der Waals surface area (Å²) in [6.45, 7) is 0. The van der Waals surface area contributed by atoms with Crippen molar-refractivity contribution in [1.82, 2.24) is 0 Å². The zero-order chi connectivity index (χ0) is 13.0. The number of carbonyl (C=O) groups is 2.